The van der Waals surface area contributed by atoms with Crippen molar-refractivity contribution in [3.63, 3.8) is 0 Å². The molecule has 0 saturated heterocycles. The highest BCUT2D eigenvalue weighted by molar-refractivity contribution is 5.94. The van der Waals surface area contributed by atoms with E-state index in [0.29, 0.717) is 24.4 Å². The number of rotatable bonds is 8. The molecule has 0 bridgehead atoms. The predicted octanol–water partition coefficient (Wildman–Crippen LogP) is 2.75. The average molecular weight is 290 g/mol. The number of carbonyl (C=O) groups is 2. The van der Waals surface area contributed by atoms with Crippen LogP contribution in [0.25, 0.3) is 0 Å². The van der Waals surface area contributed by atoms with Crippen LogP contribution in [0.2, 0.25) is 0 Å². The summed E-state index contributed by atoms with van der Waals surface area (Å²) in [7, 11) is 0. The number of carbonyl (C=O) groups excluding carboxylic acids is 2. The molecule has 0 saturated carbocycles. The summed E-state index contributed by atoms with van der Waals surface area (Å²) in [6, 6.07) is 9.19. The Morgan fingerprint density at radius 3 is 2.33 bits per heavy atom. The zero-order valence-corrected chi connectivity index (χ0v) is 13.2. The fourth-order valence-corrected chi connectivity index (χ4v) is 1.98. The van der Waals surface area contributed by atoms with Gasteiger partial charge >= 0.3 is 0 Å². The van der Waals surface area contributed by atoms with E-state index in [1.807, 2.05) is 25.1 Å². The first kappa shape index (κ1) is 17.2. The van der Waals surface area contributed by atoms with E-state index in [9.17, 15) is 9.59 Å². The Kier molecular flexibility index (Phi) is 7.51. The highest BCUT2D eigenvalue weighted by Gasteiger charge is 2.09. The molecule has 0 aliphatic heterocycles. The maximum absolute atomic E-state index is 11.8. The first-order chi connectivity index (χ1) is 9.99. The van der Waals surface area contributed by atoms with Gasteiger partial charge in [0.1, 0.15) is 0 Å². The Bertz CT molecular complexity index is 443. The van der Waals surface area contributed by atoms with Crippen LogP contribution in [0.3, 0.4) is 0 Å². The van der Waals surface area contributed by atoms with Crippen molar-refractivity contribution in [2.75, 3.05) is 6.54 Å². The summed E-state index contributed by atoms with van der Waals surface area (Å²) in [4.78, 5) is 23.5. The molecule has 0 spiro atoms. The Labute approximate surface area is 127 Å². The highest BCUT2D eigenvalue weighted by Crippen LogP contribution is 2.06. The summed E-state index contributed by atoms with van der Waals surface area (Å²) >= 11 is 0. The molecule has 0 heterocycles. The number of hydrogen-bond acceptors (Lipinski definition) is 2. The summed E-state index contributed by atoms with van der Waals surface area (Å²) in [6.07, 6.45) is 2.40. The predicted molar refractivity (Wildman–Crippen MR) is 85.1 cm³/mol. The van der Waals surface area contributed by atoms with E-state index < -0.39 is 0 Å². The third-order valence-corrected chi connectivity index (χ3v) is 3.26. The summed E-state index contributed by atoms with van der Waals surface area (Å²) in [5, 5.41) is 5.71. The van der Waals surface area contributed by atoms with Crippen LogP contribution < -0.4 is 10.6 Å². The molecule has 21 heavy (non-hydrogen) atoms. The van der Waals surface area contributed by atoms with Crippen molar-refractivity contribution in [1.82, 2.24) is 10.6 Å². The van der Waals surface area contributed by atoms with Gasteiger partial charge in [0.25, 0.3) is 5.91 Å². The van der Waals surface area contributed by atoms with Gasteiger partial charge in [-0.3, -0.25) is 9.59 Å². The van der Waals surface area contributed by atoms with Crippen LogP contribution in [0.15, 0.2) is 30.3 Å². The number of benzene rings is 1. The fraction of sp³-hybridized carbons (Fsp3) is 0.529. The van der Waals surface area contributed by atoms with Crippen LogP contribution in [-0.4, -0.2) is 24.4 Å². The van der Waals surface area contributed by atoms with Gasteiger partial charge in [0.05, 0.1) is 0 Å². The van der Waals surface area contributed by atoms with Crippen molar-refractivity contribution in [3.8, 4) is 0 Å². The average Bonchev–Trinajstić information content (AvgIpc) is 2.46. The molecule has 1 unspecified atom stereocenters. The lowest BCUT2D eigenvalue weighted by Gasteiger charge is -2.15. The third-order valence-electron chi connectivity index (χ3n) is 3.26. The quantitative estimate of drug-likeness (QED) is 0.773. The molecule has 2 amide bonds. The second-order valence-corrected chi connectivity index (χ2v) is 5.81. The molecule has 116 valence electrons. The van der Waals surface area contributed by atoms with E-state index in [1.54, 1.807) is 12.1 Å². The zero-order chi connectivity index (χ0) is 15.7. The van der Waals surface area contributed by atoms with Gasteiger partial charge in [-0.15, -0.1) is 0 Å². The molecule has 1 atom stereocenters. The van der Waals surface area contributed by atoms with Gasteiger partial charge in [0.2, 0.25) is 5.91 Å². The van der Waals surface area contributed by atoms with Gasteiger partial charge in [-0.2, -0.15) is 0 Å². The summed E-state index contributed by atoms with van der Waals surface area (Å²) in [5.74, 6) is 0.491. The minimum absolute atomic E-state index is 0.0142. The molecule has 0 radical (unpaired) electrons. The Morgan fingerprint density at radius 1 is 1.05 bits per heavy atom. The lowest BCUT2D eigenvalue weighted by molar-refractivity contribution is -0.121. The fourth-order valence-electron chi connectivity index (χ4n) is 1.98. The topological polar surface area (TPSA) is 58.2 Å². The first-order valence-electron chi connectivity index (χ1n) is 7.61. The largest absolute Gasteiger partial charge is 0.354 e. The van der Waals surface area contributed by atoms with Gasteiger partial charge in [0, 0.05) is 24.6 Å². The van der Waals surface area contributed by atoms with E-state index in [1.165, 1.54) is 0 Å². The van der Waals surface area contributed by atoms with E-state index in [-0.39, 0.29) is 17.9 Å². The number of nitrogens with one attached hydrogen (secondary N) is 2. The standard InChI is InChI=1S/C17H26N2O2/c1-13(2)9-10-14(3)19-16(20)11-12-18-17(21)15-7-5-4-6-8-15/h4-8,13-14H,9-12H2,1-3H3,(H,18,21)(H,19,20). The lowest BCUT2D eigenvalue weighted by atomic mass is 10.0. The molecular weight excluding hydrogens is 264 g/mol. The molecule has 1 rings (SSSR count). The van der Waals surface area contributed by atoms with Crippen molar-refractivity contribution in [1.29, 1.82) is 0 Å². The van der Waals surface area contributed by atoms with Crippen LogP contribution in [-0.2, 0) is 4.79 Å². The second kappa shape index (κ2) is 9.16. The molecule has 1 aromatic carbocycles. The van der Waals surface area contributed by atoms with Crippen molar-refractivity contribution < 1.29 is 9.59 Å². The minimum atomic E-state index is -0.142. The molecule has 1 aromatic rings. The van der Waals surface area contributed by atoms with E-state index in [2.05, 4.69) is 24.5 Å². The van der Waals surface area contributed by atoms with Gasteiger partial charge in [-0.1, -0.05) is 32.0 Å². The van der Waals surface area contributed by atoms with Gasteiger partial charge < -0.3 is 10.6 Å². The molecular formula is C17H26N2O2. The molecule has 0 aromatic heterocycles. The van der Waals surface area contributed by atoms with Gasteiger partial charge in [-0.05, 0) is 37.8 Å². The summed E-state index contributed by atoms with van der Waals surface area (Å²) in [5.41, 5.74) is 0.614. The van der Waals surface area contributed by atoms with Crippen molar-refractivity contribution in [2.45, 2.75) is 46.1 Å². The van der Waals surface area contributed by atoms with E-state index in [4.69, 9.17) is 0 Å². The van der Waals surface area contributed by atoms with Crippen molar-refractivity contribution in [3.05, 3.63) is 35.9 Å². The van der Waals surface area contributed by atoms with Crippen molar-refractivity contribution in [2.24, 2.45) is 5.92 Å². The maximum atomic E-state index is 11.8. The maximum Gasteiger partial charge on any atom is 0.251 e. The molecule has 4 heteroatoms. The van der Waals surface area contributed by atoms with Crippen LogP contribution in [0.1, 0.15) is 50.4 Å². The van der Waals surface area contributed by atoms with Crippen LogP contribution in [0.5, 0.6) is 0 Å². The SMILES string of the molecule is CC(C)CCC(C)NC(=O)CCNC(=O)c1ccccc1. The van der Waals surface area contributed by atoms with E-state index >= 15 is 0 Å². The molecule has 0 aliphatic carbocycles. The monoisotopic (exact) mass is 290 g/mol. The van der Waals surface area contributed by atoms with Gasteiger partial charge in [0.15, 0.2) is 0 Å². The van der Waals surface area contributed by atoms with E-state index in [0.717, 1.165) is 12.8 Å². The Hall–Kier alpha value is -1.84. The highest BCUT2D eigenvalue weighted by atomic mass is 16.2. The van der Waals surface area contributed by atoms with Crippen LogP contribution in [0, 0.1) is 5.92 Å². The molecule has 0 aliphatic rings. The summed E-state index contributed by atoms with van der Waals surface area (Å²) < 4.78 is 0. The zero-order valence-electron chi connectivity index (χ0n) is 13.2. The second-order valence-electron chi connectivity index (χ2n) is 5.81. The molecule has 2 N–H and O–H groups in total. The molecule has 4 nitrogen and oxygen atoms in total. The Balaban J connectivity index is 2.20. The summed E-state index contributed by atoms with van der Waals surface area (Å²) in [6.45, 7) is 6.72. The van der Waals surface area contributed by atoms with Crippen LogP contribution >= 0.6 is 0 Å². The Morgan fingerprint density at radius 2 is 1.71 bits per heavy atom. The molecule has 0 fully saturated rings. The number of amides is 2. The smallest absolute Gasteiger partial charge is 0.251 e. The van der Waals surface area contributed by atoms with Crippen molar-refractivity contribution >= 4 is 11.8 Å². The van der Waals surface area contributed by atoms with Gasteiger partial charge in [-0.25, -0.2) is 0 Å². The third kappa shape index (κ3) is 7.49. The first-order valence-corrected chi connectivity index (χ1v) is 7.61. The lowest BCUT2D eigenvalue weighted by Crippen LogP contribution is -2.35. The minimum Gasteiger partial charge on any atom is -0.354 e. The number of hydrogen-bond donors (Lipinski definition) is 2. The van der Waals surface area contributed by atoms with Crippen LogP contribution in [0.4, 0.5) is 0 Å². The normalized spacial score (nSPS) is 12.0.